The highest BCUT2D eigenvalue weighted by atomic mass is 31.3. The summed E-state index contributed by atoms with van der Waals surface area (Å²) in [5.74, 6) is -0.405. The van der Waals surface area contributed by atoms with Crippen molar-refractivity contribution in [3.63, 3.8) is 0 Å². The van der Waals surface area contributed by atoms with Crippen molar-refractivity contribution in [2.75, 3.05) is 26.8 Å². The number of aromatic nitrogens is 1. The van der Waals surface area contributed by atoms with Crippen molar-refractivity contribution in [3.05, 3.63) is 36.7 Å². The smallest absolute Gasteiger partial charge is 0.399 e. The zero-order valence-corrected chi connectivity index (χ0v) is 18.4. The normalized spacial score (nSPS) is 28.0. The van der Waals surface area contributed by atoms with E-state index in [0.717, 1.165) is 0 Å². The Kier molecular flexibility index (Phi) is 8.72. The Hall–Kier alpha value is -1.17. The zero-order chi connectivity index (χ0) is 22.5. The van der Waals surface area contributed by atoms with Crippen LogP contribution in [0.2, 0.25) is 0 Å². The van der Waals surface area contributed by atoms with Crippen molar-refractivity contribution in [1.29, 1.82) is 0 Å². The highest BCUT2D eigenvalue weighted by Crippen LogP contribution is 2.60. The first-order chi connectivity index (χ1) is 14.0. The zero-order valence-electron chi connectivity index (χ0n) is 16.7. The van der Waals surface area contributed by atoms with E-state index in [0.29, 0.717) is 11.3 Å². The summed E-state index contributed by atoms with van der Waals surface area (Å²) in [6, 6.07) is 3.50. The van der Waals surface area contributed by atoms with Crippen molar-refractivity contribution in [2.24, 2.45) is 11.7 Å². The van der Waals surface area contributed by atoms with Gasteiger partial charge in [-0.05, 0) is 13.1 Å². The summed E-state index contributed by atoms with van der Waals surface area (Å²) in [4.78, 5) is 19.2. The third-order valence-corrected chi connectivity index (χ3v) is 7.02. The molecule has 0 spiro atoms. The maximum atomic E-state index is 12.0. The molecule has 170 valence electrons. The predicted octanol–water partition coefficient (Wildman–Crippen LogP) is 0.268. The third-order valence-electron chi connectivity index (χ3n) is 4.39. The molecule has 1 aliphatic heterocycles. The summed E-state index contributed by atoms with van der Waals surface area (Å²) < 4.78 is 44.7. The average Bonchev–Trinajstić information content (AvgIpc) is 2.94. The van der Waals surface area contributed by atoms with Crippen LogP contribution in [0.25, 0.3) is 5.70 Å². The molecule has 6 N–H and O–H groups in total. The first kappa shape index (κ1) is 25.1. The lowest BCUT2D eigenvalue weighted by atomic mass is 10.0. The second kappa shape index (κ2) is 10.4. The van der Waals surface area contributed by atoms with Gasteiger partial charge in [0, 0.05) is 18.3 Å². The molecule has 1 saturated heterocycles. The van der Waals surface area contributed by atoms with E-state index >= 15 is 0 Å². The summed E-state index contributed by atoms with van der Waals surface area (Å²) in [7, 11) is -8.18. The van der Waals surface area contributed by atoms with E-state index in [-0.39, 0.29) is 13.2 Å². The lowest BCUT2D eigenvalue weighted by Gasteiger charge is -2.18. The van der Waals surface area contributed by atoms with Gasteiger partial charge in [0.2, 0.25) is 0 Å². The van der Waals surface area contributed by atoms with Gasteiger partial charge in [0.15, 0.2) is 12.4 Å². The average molecular weight is 468 g/mol. The number of phosphoric ester groups is 2. The Morgan fingerprint density at radius 3 is 2.67 bits per heavy atom. The van der Waals surface area contributed by atoms with Crippen LogP contribution in [-0.4, -0.2) is 53.9 Å². The number of likely N-dealkylation sites (N-methyl/N-ethyl adjacent to an activating group) is 1. The first-order valence-corrected chi connectivity index (χ1v) is 12.0. The van der Waals surface area contributed by atoms with Crippen LogP contribution in [0, 0.1) is 5.92 Å². The quantitative estimate of drug-likeness (QED) is 0.171. The minimum atomic E-state index is -4.96. The Bertz CT molecular complexity index is 840. The standard InChI is InChI=1S/C16H27N3O9P2/c1-11-15(20)14(27-16(11)19-7-4-5-13(9-19)12(2)17)10-26-30(23,24)28-29(21,22)25-8-6-18-3/h4-5,7,9,11,14-16,18,20H,2,6,8,10,17H2,1,3H3,(H-,21,22,23,24)/p+1/t11-,14?,15-,16+/m0/s1. The largest absolute Gasteiger partial charge is 0.481 e. The second-order valence-electron chi connectivity index (χ2n) is 6.73. The monoisotopic (exact) mass is 468 g/mol. The highest BCUT2D eigenvalue weighted by Gasteiger charge is 2.47. The minimum Gasteiger partial charge on any atom is -0.399 e. The summed E-state index contributed by atoms with van der Waals surface area (Å²) in [6.45, 7) is 4.85. The van der Waals surface area contributed by atoms with E-state index < -0.39 is 46.6 Å². The van der Waals surface area contributed by atoms with Crippen molar-refractivity contribution >= 4 is 21.3 Å². The number of pyridine rings is 1. The van der Waals surface area contributed by atoms with Crippen molar-refractivity contribution in [2.45, 2.75) is 25.4 Å². The number of rotatable bonds is 11. The molecule has 1 aliphatic rings. The highest BCUT2D eigenvalue weighted by molar-refractivity contribution is 7.61. The van der Waals surface area contributed by atoms with Gasteiger partial charge in [0.1, 0.15) is 6.10 Å². The molecule has 0 aromatic carbocycles. The maximum absolute atomic E-state index is 12.0. The molecule has 0 bridgehead atoms. The Morgan fingerprint density at radius 2 is 2.03 bits per heavy atom. The van der Waals surface area contributed by atoms with Gasteiger partial charge in [-0.2, -0.15) is 8.88 Å². The molecule has 2 heterocycles. The summed E-state index contributed by atoms with van der Waals surface area (Å²) in [6.07, 6.45) is 0.772. The summed E-state index contributed by atoms with van der Waals surface area (Å²) in [5, 5.41) is 13.1. The van der Waals surface area contributed by atoms with Gasteiger partial charge in [0.25, 0.3) is 6.23 Å². The molecule has 1 fully saturated rings. The molecule has 14 heteroatoms. The molecule has 3 unspecified atom stereocenters. The molecule has 30 heavy (non-hydrogen) atoms. The van der Waals surface area contributed by atoms with Gasteiger partial charge in [0.05, 0.1) is 30.8 Å². The van der Waals surface area contributed by atoms with Gasteiger partial charge in [-0.1, -0.05) is 13.5 Å². The molecule has 1 aromatic heterocycles. The van der Waals surface area contributed by atoms with Crippen molar-refractivity contribution in [3.8, 4) is 0 Å². The van der Waals surface area contributed by atoms with E-state index in [1.165, 1.54) is 0 Å². The van der Waals surface area contributed by atoms with Crippen LogP contribution < -0.4 is 15.6 Å². The molecular formula is C16H28N3O9P2+. The molecule has 0 aliphatic carbocycles. The number of nitrogens with two attached hydrogens (primary N) is 1. The van der Waals surface area contributed by atoms with Crippen LogP contribution in [0.1, 0.15) is 18.7 Å². The van der Waals surface area contributed by atoms with E-state index in [1.54, 1.807) is 43.1 Å². The third kappa shape index (κ3) is 6.93. The van der Waals surface area contributed by atoms with Gasteiger partial charge in [-0.15, -0.1) is 0 Å². The lowest BCUT2D eigenvalue weighted by Crippen LogP contribution is -2.42. The number of phosphoric acid groups is 2. The van der Waals surface area contributed by atoms with Crippen molar-refractivity contribution < 1.29 is 46.7 Å². The molecule has 1 aromatic rings. The second-order valence-corrected chi connectivity index (χ2v) is 9.78. The molecule has 2 rings (SSSR count). The van der Waals surface area contributed by atoms with Crippen LogP contribution >= 0.6 is 15.6 Å². The van der Waals surface area contributed by atoms with Gasteiger partial charge >= 0.3 is 15.6 Å². The van der Waals surface area contributed by atoms with Gasteiger partial charge in [-0.3, -0.25) is 9.05 Å². The minimum absolute atomic E-state index is 0.223. The number of aliphatic hydroxyl groups is 1. The predicted molar refractivity (Wildman–Crippen MR) is 106 cm³/mol. The molecule has 0 amide bonds. The van der Waals surface area contributed by atoms with E-state index in [2.05, 4.69) is 20.7 Å². The number of nitrogens with one attached hydrogen (secondary N) is 1. The summed E-state index contributed by atoms with van der Waals surface area (Å²) >= 11 is 0. The Morgan fingerprint density at radius 1 is 1.37 bits per heavy atom. The molecule has 0 saturated carbocycles. The van der Waals surface area contributed by atoms with Crippen LogP contribution in [-0.2, 0) is 27.2 Å². The van der Waals surface area contributed by atoms with Crippen molar-refractivity contribution in [1.82, 2.24) is 5.32 Å². The Labute approximate surface area is 174 Å². The first-order valence-electron chi connectivity index (χ1n) is 9.05. The fourth-order valence-electron chi connectivity index (χ4n) is 2.82. The van der Waals surface area contributed by atoms with E-state index in [4.69, 9.17) is 15.0 Å². The summed E-state index contributed by atoms with van der Waals surface area (Å²) in [5.41, 5.74) is 6.74. The van der Waals surface area contributed by atoms with Crippen LogP contribution in [0.4, 0.5) is 0 Å². The molecule has 0 radical (unpaired) electrons. The maximum Gasteiger partial charge on any atom is 0.481 e. The van der Waals surface area contributed by atoms with E-state index in [9.17, 15) is 24.0 Å². The van der Waals surface area contributed by atoms with Crippen LogP contribution in [0.3, 0.4) is 0 Å². The number of hydrogen-bond acceptors (Lipinski definition) is 9. The number of ether oxygens (including phenoxy) is 1. The lowest BCUT2D eigenvalue weighted by molar-refractivity contribution is -0.765. The molecule has 12 nitrogen and oxygen atoms in total. The van der Waals surface area contributed by atoms with Gasteiger partial charge in [-0.25, -0.2) is 9.13 Å². The van der Waals surface area contributed by atoms with Crippen LogP contribution in [0.5, 0.6) is 0 Å². The molecular weight excluding hydrogens is 440 g/mol. The molecule has 6 atom stereocenters. The number of nitrogens with zero attached hydrogens (tertiary/aromatic N) is 1. The van der Waals surface area contributed by atoms with Gasteiger partial charge < -0.3 is 30.7 Å². The number of aliphatic hydroxyl groups excluding tert-OH is 1. The van der Waals surface area contributed by atoms with Crippen LogP contribution in [0.15, 0.2) is 31.1 Å². The fourth-order valence-corrected chi connectivity index (χ4v) is 4.90. The topological polar surface area (TPSA) is 174 Å². The van der Waals surface area contributed by atoms with E-state index in [1.807, 2.05) is 0 Å². The SMILES string of the molecule is C=C(N)c1ccc[n+]([C@@H]2OC(COP(=O)(O)OP(=O)(O)OCCNC)[C@@H](O)[C@@H]2C)c1. The fraction of sp³-hybridized carbons (Fsp3) is 0.562. The Balaban J connectivity index is 1.99. The number of hydrogen-bond donors (Lipinski definition) is 5.